The van der Waals surface area contributed by atoms with E-state index in [2.05, 4.69) is 31.3 Å². The summed E-state index contributed by atoms with van der Waals surface area (Å²) in [5, 5.41) is 7.40. The number of benzene rings is 1. The number of aliphatic imine (C=N–C) groups is 1. The number of nitrogens with one attached hydrogen (secondary N) is 1. The van der Waals surface area contributed by atoms with E-state index in [9.17, 15) is 4.79 Å². The number of rotatable bonds is 2. The molecule has 0 radical (unpaired) electrons. The van der Waals surface area contributed by atoms with Crippen molar-refractivity contribution in [1.29, 1.82) is 0 Å². The summed E-state index contributed by atoms with van der Waals surface area (Å²) in [5.41, 5.74) is 2.78. The van der Waals surface area contributed by atoms with Gasteiger partial charge in [0.2, 0.25) is 0 Å². The van der Waals surface area contributed by atoms with Crippen LogP contribution < -0.4 is 5.32 Å². The maximum absolute atomic E-state index is 12.4. The molecule has 1 N–H and O–H groups in total. The number of hydrogen-bond donors (Lipinski definition) is 1. The largest absolute Gasteiger partial charge is 0.328 e. The number of amides is 2. The number of urea groups is 1. The van der Waals surface area contributed by atoms with Crippen molar-refractivity contribution in [1.82, 2.24) is 14.7 Å². The Bertz CT molecular complexity index is 789. The van der Waals surface area contributed by atoms with Crippen molar-refractivity contribution in [2.45, 2.75) is 13.8 Å². The van der Waals surface area contributed by atoms with Gasteiger partial charge in [0.25, 0.3) is 0 Å². The normalized spacial score (nSPS) is 13.4. The lowest BCUT2D eigenvalue weighted by Crippen LogP contribution is -2.32. The molecule has 2 amide bonds. The highest BCUT2D eigenvalue weighted by Gasteiger charge is 2.17. The van der Waals surface area contributed by atoms with Crippen molar-refractivity contribution in [3.8, 4) is 5.69 Å². The molecule has 0 fully saturated rings. The third-order valence-electron chi connectivity index (χ3n) is 3.42. The lowest BCUT2D eigenvalue weighted by Gasteiger charge is -2.19. The summed E-state index contributed by atoms with van der Waals surface area (Å²) >= 11 is 3.56. The number of allylic oxidation sites excluding steroid dienone is 1. The van der Waals surface area contributed by atoms with Gasteiger partial charge >= 0.3 is 6.03 Å². The number of halogens is 1. The van der Waals surface area contributed by atoms with Gasteiger partial charge in [0.15, 0.2) is 0 Å². The molecule has 0 saturated heterocycles. The topological polar surface area (TPSA) is 62.5 Å². The van der Waals surface area contributed by atoms with E-state index in [4.69, 9.17) is 0 Å². The first-order chi connectivity index (χ1) is 11.1. The number of nitrogens with zero attached hydrogens (tertiary/aromatic N) is 4. The van der Waals surface area contributed by atoms with E-state index in [1.165, 1.54) is 4.90 Å². The molecular weight excluding hydrogens is 358 g/mol. The van der Waals surface area contributed by atoms with Crippen LogP contribution in [0.3, 0.4) is 0 Å². The van der Waals surface area contributed by atoms with Crippen molar-refractivity contribution in [3.63, 3.8) is 0 Å². The van der Waals surface area contributed by atoms with E-state index < -0.39 is 0 Å². The molecule has 1 aromatic carbocycles. The fourth-order valence-corrected chi connectivity index (χ4v) is 2.98. The minimum absolute atomic E-state index is 0.246. The van der Waals surface area contributed by atoms with Crippen LogP contribution in [0.25, 0.3) is 5.69 Å². The van der Waals surface area contributed by atoms with E-state index in [0.29, 0.717) is 12.5 Å². The first-order valence-electron chi connectivity index (χ1n) is 7.12. The summed E-state index contributed by atoms with van der Waals surface area (Å²) in [5.74, 6) is 0.616. The van der Waals surface area contributed by atoms with Gasteiger partial charge in [-0.3, -0.25) is 15.2 Å². The van der Waals surface area contributed by atoms with E-state index >= 15 is 0 Å². The van der Waals surface area contributed by atoms with Crippen LogP contribution in [0.2, 0.25) is 0 Å². The highest BCUT2D eigenvalue weighted by Crippen LogP contribution is 2.27. The van der Waals surface area contributed by atoms with Crippen LogP contribution in [0.1, 0.15) is 11.3 Å². The van der Waals surface area contributed by atoms with Gasteiger partial charge in [0.05, 0.1) is 11.4 Å². The standard InChI is InChI=1S/C16H16BrN5O/c1-11-5-3-6-13(17)15(11)22-14(9-12(2)20-22)19-16(23)21-8-4-7-18-10-21/h3-9H,10H2,1-2H3,(H,19,23). The smallest absolute Gasteiger partial charge is 0.292 e. The van der Waals surface area contributed by atoms with Crippen molar-refractivity contribution >= 4 is 34.0 Å². The molecule has 2 heterocycles. The summed E-state index contributed by atoms with van der Waals surface area (Å²) in [6.07, 6.45) is 5.09. The molecule has 0 aliphatic carbocycles. The molecule has 23 heavy (non-hydrogen) atoms. The van der Waals surface area contributed by atoms with Gasteiger partial charge in [0.1, 0.15) is 12.5 Å². The van der Waals surface area contributed by atoms with Gasteiger partial charge in [-0.25, -0.2) is 9.48 Å². The van der Waals surface area contributed by atoms with Gasteiger partial charge in [-0.1, -0.05) is 12.1 Å². The molecule has 0 spiro atoms. The number of hydrogen-bond acceptors (Lipinski definition) is 3. The summed E-state index contributed by atoms with van der Waals surface area (Å²) in [6, 6.07) is 7.52. The van der Waals surface area contributed by atoms with Crippen LogP contribution in [-0.2, 0) is 0 Å². The lowest BCUT2D eigenvalue weighted by molar-refractivity contribution is 0.229. The van der Waals surface area contributed by atoms with E-state index in [-0.39, 0.29) is 6.03 Å². The summed E-state index contributed by atoms with van der Waals surface area (Å²) in [7, 11) is 0. The summed E-state index contributed by atoms with van der Waals surface area (Å²) in [4.78, 5) is 17.9. The Kier molecular flexibility index (Phi) is 4.29. The molecule has 0 saturated carbocycles. The minimum atomic E-state index is -0.246. The number of anilines is 1. The number of aromatic nitrogens is 2. The quantitative estimate of drug-likeness (QED) is 0.873. The molecule has 6 nitrogen and oxygen atoms in total. The highest BCUT2D eigenvalue weighted by atomic mass is 79.9. The van der Waals surface area contributed by atoms with Gasteiger partial charge in [0, 0.05) is 23.0 Å². The van der Waals surface area contributed by atoms with Crippen LogP contribution in [0, 0.1) is 13.8 Å². The number of carbonyl (C=O) groups excluding carboxylic acids is 1. The van der Waals surface area contributed by atoms with Crippen molar-refractivity contribution in [3.05, 3.63) is 52.3 Å². The van der Waals surface area contributed by atoms with Crippen LogP contribution in [0.5, 0.6) is 0 Å². The Morgan fingerprint density at radius 3 is 2.87 bits per heavy atom. The van der Waals surface area contributed by atoms with E-state index in [0.717, 1.165) is 21.4 Å². The number of aryl methyl sites for hydroxylation is 2. The maximum Gasteiger partial charge on any atom is 0.328 e. The number of carbonyl (C=O) groups is 1. The molecule has 1 aliphatic heterocycles. The molecule has 0 unspecified atom stereocenters. The molecular formula is C16H16BrN5O. The fraction of sp³-hybridized carbons (Fsp3) is 0.188. The minimum Gasteiger partial charge on any atom is -0.292 e. The maximum atomic E-state index is 12.4. The van der Waals surface area contributed by atoms with Crippen LogP contribution in [0.4, 0.5) is 10.6 Å². The average Bonchev–Trinajstić information content (AvgIpc) is 2.88. The van der Waals surface area contributed by atoms with Crippen molar-refractivity contribution in [2.75, 3.05) is 12.0 Å². The Morgan fingerprint density at radius 1 is 1.35 bits per heavy atom. The fourth-order valence-electron chi connectivity index (χ4n) is 2.35. The van der Waals surface area contributed by atoms with E-state index in [1.54, 1.807) is 23.2 Å². The zero-order chi connectivity index (χ0) is 16.4. The molecule has 7 heteroatoms. The first-order valence-corrected chi connectivity index (χ1v) is 7.92. The molecule has 118 valence electrons. The highest BCUT2D eigenvalue weighted by molar-refractivity contribution is 9.10. The average molecular weight is 374 g/mol. The zero-order valence-corrected chi connectivity index (χ0v) is 14.4. The Balaban J connectivity index is 1.94. The van der Waals surface area contributed by atoms with Crippen LogP contribution in [0.15, 0.2) is 46.0 Å². The van der Waals surface area contributed by atoms with E-state index in [1.807, 2.05) is 38.1 Å². The third-order valence-corrected chi connectivity index (χ3v) is 4.06. The second kappa shape index (κ2) is 6.37. The Labute approximate surface area is 142 Å². The molecule has 1 aliphatic rings. The SMILES string of the molecule is Cc1cc(NC(=O)N2C=CC=NC2)n(-c2c(C)cccc2Br)n1. The molecule has 0 atom stereocenters. The van der Waals surface area contributed by atoms with Gasteiger partial charge < -0.3 is 0 Å². The lowest BCUT2D eigenvalue weighted by atomic mass is 10.2. The monoisotopic (exact) mass is 373 g/mol. The van der Waals surface area contributed by atoms with Crippen molar-refractivity contribution < 1.29 is 4.79 Å². The third kappa shape index (κ3) is 3.19. The van der Waals surface area contributed by atoms with Gasteiger partial charge in [-0.2, -0.15) is 5.10 Å². The predicted octanol–water partition coefficient (Wildman–Crippen LogP) is 3.64. The van der Waals surface area contributed by atoms with Gasteiger partial charge in [-0.05, 0) is 47.5 Å². The predicted molar refractivity (Wildman–Crippen MR) is 94.1 cm³/mol. The van der Waals surface area contributed by atoms with Crippen LogP contribution >= 0.6 is 15.9 Å². The zero-order valence-electron chi connectivity index (χ0n) is 12.8. The first kappa shape index (κ1) is 15.5. The van der Waals surface area contributed by atoms with Crippen molar-refractivity contribution in [2.24, 2.45) is 4.99 Å². The second-order valence-electron chi connectivity index (χ2n) is 5.20. The molecule has 0 bridgehead atoms. The number of para-hydroxylation sites is 1. The van der Waals surface area contributed by atoms with Gasteiger partial charge in [-0.15, -0.1) is 0 Å². The Hall–Kier alpha value is -2.41. The molecule has 1 aromatic heterocycles. The second-order valence-corrected chi connectivity index (χ2v) is 6.06. The van der Waals surface area contributed by atoms with Crippen LogP contribution in [-0.4, -0.2) is 33.6 Å². The summed E-state index contributed by atoms with van der Waals surface area (Å²) in [6.45, 7) is 4.21. The molecule has 2 aromatic rings. The Morgan fingerprint density at radius 2 is 2.17 bits per heavy atom. The molecule has 3 rings (SSSR count). The summed E-state index contributed by atoms with van der Waals surface area (Å²) < 4.78 is 2.66.